The van der Waals surface area contributed by atoms with Gasteiger partial charge in [-0.1, -0.05) is 44.2 Å². The van der Waals surface area contributed by atoms with Gasteiger partial charge in [0.05, 0.1) is 5.69 Å². The van der Waals surface area contributed by atoms with Crippen molar-refractivity contribution in [3.05, 3.63) is 59.9 Å². The van der Waals surface area contributed by atoms with E-state index in [1.54, 1.807) is 29.0 Å². The number of nitrogens with zero attached hydrogens (tertiary/aromatic N) is 2. The highest BCUT2D eigenvalue weighted by Gasteiger charge is 2.21. The molecule has 1 saturated heterocycles. The summed E-state index contributed by atoms with van der Waals surface area (Å²) in [6.07, 6.45) is 4.05. The van der Waals surface area contributed by atoms with E-state index in [0.717, 1.165) is 37.9 Å². The summed E-state index contributed by atoms with van der Waals surface area (Å²) in [5.74, 6) is 1.39. The highest BCUT2D eigenvalue weighted by molar-refractivity contribution is 6.08. The number of aromatic nitrogens is 1. The molecule has 1 aromatic heterocycles. The summed E-state index contributed by atoms with van der Waals surface area (Å²) >= 11 is 0. The summed E-state index contributed by atoms with van der Waals surface area (Å²) < 4.78 is 1.72. The van der Waals surface area contributed by atoms with Crippen molar-refractivity contribution in [3.8, 4) is 0 Å². The van der Waals surface area contributed by atoms with Gasteiger partial charge >= 0.3 is 0 Å². The summed E-state index contributed by atoms with van der Waals surface area (Å²) in [5.41, 5.74) is 1.17. The maximum Gasteiger partial charge on any atom is 0.239 e. The maximum atomic E-state index is 12.6. The Labute approximate surface area is 167 Å². The fourth-order valence-corrected chi connectivity index (χ4v) is 4.21. The van der Waals surface area contributed by atoms with E-state index in [1.807, 2.05) is 24.3 Å². The van der Waals surface area contributed by atoms with Gasteiger partial charge in [-0.05, 0) is 43.4 Å². The van der Waals surface area contributed by atoms with Crippen LogP contribution in [-0.4, -0.2) is 47.3 Å². The van der Waals surface area contributed by atoms with Crippen molar-refractivity contribution < 1.29 is 9.59 Å². The Kier molecular flexibility index (Phi) is 7.04. The standard InChI is InChI=1S/C23H31N3O2/c1-18-14-19(2)16-25(15-18)12-7-11-24-22(27)17-26-13-6-10-21(26)23(28)20-8-4-3-5-9-20/h3-6,8-10,13,18-19H,7,11-12,14-17H2,1-2H3,(H,24,27)/t18-,19+. The average Bonchev–Trinajstić information content (AvgIpc) is 3.12. The molecule has 1 aliphatic rings. The normalized spacial score (nSPS) is 20.1. The number of ketones is 1. The summed E-state index contributed by atoms with van der Waals surface area (Å²) in [7, 11) is 0. The zero-order chi connectivity index (χ0) is 19.9. The largest absolute Gasteiger partial charge is 0.355 e. The molecule has 2 aromatic rings. The number of amides is 1. The summed E-state index contributed by atoms with van der Waals surface area (Å²) in [6, 6.07) is 12.7. The molecule has 5 nitrogen and oxygen atoms in total. The summed E-state index contributed by atoms with van der Waals surface area (Å²) in [5, 5.41) is 2.99. The number of piperidine rings is 1. The lowest BCUT2D eigenvalue weighted by Gasteiger charge is -2.34. The summed E-state index contributed by atoms with van der Waals surface area (Å²) in [4.78, 5) is 27.5. The van der Waals surface area contributed by atoms with E-state index in [0.29, 0.717) is 17.8 Å². The first-order chi connectivity index (χ1) is 13.5. The zero-order valence-corrected chi connectivity index (χ0v) is 16.9. The van der Waals surface area contributed by atoms with Gasteiger partial charge in [-0.2, -0.15) is 0 Å². The molecule has 2 atom stereocenters. The molecule has 5 heteroatoms. The van der Waals surface area contributed by atoms with Crippen molar-refractivity contribution in [3.63, 3.8) is 0 Å². The molecule has 1 aliphatic heterocycles. The van der Waals surface area contributed by atoms with Gasteiger partial charge in [0, 0.05) is 31.4 Å². The lowest BCUT2D eigenvalue weighted by atomic mass is 9.92. The van der Waals surface area contributed by atoms with Crippen LogP contribution in [0.15, 0.2) is 48.7 Å². The van der Waals surface area contributed by atoms with Crippen LogP contribution in [0.2, 0.25) is 0 Å². The van der Waals surface area contributed by atoms with Crippen LogP contribution in [0.5, 0.6) is 0 Å². The molecule has 2 heterocycles. The Bertz CT molecular complexity index is 774. The SMILES string of the molecule is C[C@@H]1C[C@H](C)CN(CCCNC(=O)Cn2cccc2C(=O)c2ccccc2)C1. The first-order valence-corrected chi connectivity index (χ1v) is 10.3. The van der Waals surface area contributed by atoms with E-state index >= 15 is 0 Å². The third-order valence-corrected chi connectivity index (χ3v) is 5.33. The molecule has 1 aromatic carbocycles. The Balaban J connectivity index is 1.44. The van der Waals surface area contributed by atoms with Crippen LogP contribution in [0.4, 0.5) is 0 Å². The van der Waals surface area contributed by atoms with E-state index < -0.39 is 0 Å². The number of carbonyl (C=O) groups is 2. The van der Waals surface area contributed by atoms with Crippen molar-refractivity contribution >= 4 is 11.7 Å². The van der Waals surface area contributed by atoms with Gasteiger partial charge < -0.3 is 14.8 Å². The van der Waals surface area contributed by atoms with Gasteiger partial charge in [0.15, 0.2) is 0 Å². The van der Waals surface area contributed by atoms with Crippen LogP contribution in [0, 0.1) is 11.8 Å². The molecule has 0 aliphatic carbocycles. The molecule has 0 bridgehead atoms. The Hall–Kier alpha value is -2.40. The number of hydrogen-bond donors (Lipinski definition) is 1. The van der Waals surface area contributed by atoms with Crippen molar-refractivity contribution in [1.82, 2.24) is 14.8 Å². The molecule has 0 saturated carbocycles. The van der Waals surface area contributed by atoms with Crippen LogP contribution in [0.1, 0.15) is 42.7 Å². The minimum atomic E-state index is -0.0632. The van der Waals surface area contributed by atoms with Crippen molar-refractivity contribution in [2.75, 3.05) is 26.2 Å². The smallest absolute Gasteiger partial charge is 0.239 e. The lowest BCUT2D eigenvalue weighted by Crippen LogP contribution is -2.40. The molecular weight excluding hydrogens is 350 g/mol. The van der Waals surface area contributed by atoms with Gasteiger partial charge in [0.25, 0.3) is 0 Å². The molecule has 0 radical (unpaired) electrons. The molecule has 1 fully saturated rings. The highest BCUT2D eigenvalue weighted by Crippen LogP contribution is 2.20. The van der Waals surface area contributed by atoms with Gasteiger partial charge in [0.2, 0.25) is 11.7 Å². The first kappa shape index (κ1) is 20.3. The average molecular weight is 382 g/mol. The molecule has 0 unspecified atom stereocenters. The molecule has 150 valence electrons. The van der Waals surface area contributed by atoms with Gasteiger partial charge in [-0.25, -0.2) is 0 Å². The Morgan fingerprint density at radius 2 is 1.75 bits per heavy atom. The first-order valence-electron chi connectivity index (χ1n) is 10.3. The van der Waals surface area contributed by atoms with Crippen LogP contribution < -0.4 is 5.32 Å². The van der Waals surface area contributed by atoms with E-state index in [-0.39, 0.29) is 18.2 Å². The predicted molar refractivity (Wildman–Crippen MR) is 111 cm³/mol. The molecule has 1 amide bonds. The van der Waals surface area contributed by atoms with Crippen LogP contribution in [0.25, 0.3) is 0 Å². The minimum Gasteiger partial charge on any atom is -0.355 e. The highest BCUT2D eigenvalue weighted by atomic mass is 16.2. The maximum absolute atomic E-state index is 12.6. The van der Waals surface area contributed by atoms with Crippen LogP contribution >= 0.6 is 0 Å². The monoisotopic (exact) mass is 381 g/mol. The third kappa shape index (κ3) is 5.55. The quantitative estimate of drug-likeness (QED) is 0.564. The molecule has 0 spiro atoms. The number of benzene rings is 1. The number of rotatable bonds is 8. The number of carbonyl (C=O) groups excluding carboxylic acids is 2. The van der Waals surface area contributed by atoms with Gasteiger partial charge in [-0.15, -0.1) is 0 Å². The van der Waals surface area contributed by atoms with E-state index in [9.17, 15) is 9.59 Å². The lowest BCUT2D eigenvalue weighted by molar-refractivity contribution is -0.121. The third-order valence-electron chi connectivity index (χ3n) is 5.33. The van der Waals surface area contributed by atoms with Crippen molar-refractivity contribution in [2.24, 2.45) is 11.8 Å². The van der Waals surface area contributed by atoms with E-state index in [1.165, 1.54) is 6.42 Å². The number of likely N-dealkylation sites (tertiary alicyclic amines) is 1. The van der Waals surface area contributed by atoms with Crippen molar-refractivity contribution in [2.45, 2.75) is 33.2 Å². The second kappa shape index (κ2) is 9.69. The summed E-state index contributed by atoms with van der Waals surface area (Å²) in [6.45, 7) is 8.81. The van der Waals surface area contributed by atoms with Crippen LogP contribution in [-0.2, 0) is 11.3 Å². The zero-order valence-electron chi connectivity index (χ0n) is 16.9. The minimum absolute atomic E-state index is 0.0568. The Morgan fingerprint density at radius 3 is 2.46 bits per heavy atom. The molecule has 28 heavy (non-hydrogen) atoms. The molecule has 3 rings (SSSR count). The molecule has 1 N–H and O–H groups in total. The van der Waals surface area contributed by atoms with E-state index in [4.69, 9.17) is 0 Å². The fraction of sp³-hybridized carbons (Fsp3) is 0.478. The van der Waals surface area contributed by atoms with Gasteiger partial charge in [0.1, 0.15) is 6.54 Å². The van der Waals surface area contributed by atoms with Crippen LogP contribution in [0.3, 0.4) is 0 Å². The molecular formula is C23H31N3O2. The second-order valence-electron chi connectivity index (χ2n) is 8.13. The number of hydrogen-bond acceptors (Lipinski definition) is 3. The fourth-order valence-electron chi connectivity index (χ4n) is 4.21. The number of nitrogens with one attached hydrogen (secondary N) is 1. The van der Waals surface area contributed by atoms with E-state index in [2.05, 4.69) is 24.1 Å². The van der Waals surface area contributed by atoms with Crippen molar-refractivity contribution in [1.29, 1.82) is 0 Å². The second-order valence-corrected chi connectivity index (χ2v) is 8.13. The predicted octanol–water partition coefficient (Wildman–Crippen LogP) is 3.20. The Morgan fingerprint density at radius 1 is 1.04 bits per heavy atom. The topological polar surface area (TPSA) is 54.3 Å². The van der Waals surface area contributed by atoms with Gasteiger partial charge in [-0.3, -0.25) is 9.59 Å².